The van der Waals surface area contributed by atoms with E-state index in [0.29, 0.717) is 0 Å². The zero-order valence-electron chi connectivity index (χ0n) is 11.4. The van der Waals surface area contributed by atoms with E-state index in [0.717, 1.165) is 31.5 Å². The molecule has 1 unspecified atom stereocenters. The Labute approximate surface area is 119 Å². The van der Waals surface area contributed by atoms with Crippen LogP contribution < -0.4 is 10.5 Å². The van der Waals surface area contributed by atoms with Gasteiger partial charge in [-0.1, -0.05) is 12.1 Å². The van der Waals surface area contributed by atoms with Crippen molar-refractivity contribution in [2.24, 2.45) is 5.14 Å². The van der Waals surface area contributed by atoms with Gasteiger partial charge in [-0.15, -0.1) is 0 Å². The van der Waals surface area contributed by atoms with E-state index in [-0.39, 0.29) is 17.0 Å². The lowest BCUT2D eigenvalue weighted by molar-refractivity contribution is 0.205. The molecule has 0 spiro atoms. The lowest BCUT2D eigenvalue weighted by atomic mass is 10.1. The summed E-state index contributed by atoms with van der Waals surface area (Å²) in [5.41, 5.74) is 0.838. The maximum atomic E-state index is 12.0. The third-order valence-electron chi connectivity index (χ3n) is 3.44. The molecule has 2 amide bonds. The summed E-state index contributed by atoms with van der Waals surface area (Å²) in [5.74, 6) is 0. The highest BCUT2D eigenvalue weighted by Gasteiger charge is 2.19. The minimum atomic E-state index is -3.68. The first-order valence-corrected chi connectivity index (χ1v) is 8.11. The van der Waals surface area contributed by atoms with Crippen molar-refractivity contribution in [3.05, 3.63) is 29.8 Å². The molecule has 0 radical (unpaired) electrons. The van der Waals surface area contributed by atoms with Gasteiger partial charge in [-0.3, -0.25) is 0 Å². The van der Waals surface area contributed by atoms with E-state index < -0.39 is 10.0 Å². The standard InChI is InChI=1S/C13H19N3O3S/c1-10(15-13(17)16-8-2-3-9-16)11-4-6-12(7-5-11)20(14,18)19/h4-7,10H,2-3,8-9H2,1H3,(H,15,17)(H2,14,18,19). The minimum Gasteiger partial charge on any atom is -0.331 e. The zero-order chi connectivity index (χ0) is 14.8. The van der Waals surface area contributed by atoms with Crippen molar-refractivity contribution in [3.63, 3.8) is 0 Å². The number of nitrogens with one attached hydrogen (secondary N) is 1. The first-order chi connectivity index (χ1) is 9.38. The largest absolute Gasteiger partial charge is 0.331 e. The summed E-state index contributed by atoms with van der Waals surface area (Å²) in [7, 11) is -3.68. The number of carbonyl (C=O) groups is 1. The molecule has 6 nitrogen and oxygen atoms in total. The van der Waals surface area contributed by atoms with Crippen molar-refractivity contribution >= 4 is 16.1 Å². The highest BCUT2D eigenvalue weighted by Crippen LogP contribution is 2.16. The van der Waals surface area contributed by atoms with Crippen LogP contribution in [-0.2, 0) is 10.0 Å². The number of benzene rings is 1. The van der Waals surface area contributed by atoms with Gasteiger partial charge in [0.15, 0.2) is 0 Å². The fourth-order valence-corrected chi connectivity index (χ4v) is 2.74. The summed E-state index contributed by atoms with van der Waals surface area (Å²) in [6, 6.07) is 5.96. The number of likely N-dealkylation sites (tertiary alicyclic amines) is 1. The third-order valence-corrected chi connectivity index (χ3v) is 4.37. The van der Waals surface area contributed by atoms with Crippen molar-refractivity contribution in [1.29, 1.82) is 0 Å². The number of urea groups is 1. The van der Waals surface area contributed by atoms with E-state index in [4.69, 9.17) is 5.14 Å². The molecule has 1 aliphatic heterocycles. The SMILES string of the molecule is CC(NC(=O)N1CCCC1)c1ccc(S(N)(=O)=O)cc1. The lowest BCUT2D eigenvalue weighted by Crippen LogP contribution is -2.39. The summed E-state index contributed by atoms with van der Waals surface area (Å²) in [6.07, 6.45) is 2.09. The summed E-state index contributed by atoms with van der Waals surface area (Å²) in [5, 5.41) is 7.94. The number of amides is 2. The van der Waals surface area contributed by atoms with Crippen LogP contribution in [0.2, 0.25) is 0 Å². The van der Waals surface area contributed by atoms with Crippen LogP contribution in [0.4, 0.5) is 4.79 Å². The Morgan fingerprint density at radius 3 is 2.30 bits per heavy atom. The topological polar surface area (TPSA) is 92.5 Å². The highest BCUT2D eigenvalue weighted by molar-refractivity contribution is 7.89. The molecule has 0 aromatic heterocycles. The van der Waals surface area contributed by atoms with Crippen LogP contribution >= 0.6 is 0 Å². The summed E-state index contributed by atoms with van der Waals surface area (Å²) in [4.78, 5) is 13.8. The summed E-state index contributed by atoms with van der Waals surface area (Å²) < 4.78 is 22.3. The van der Waals surface area contributed by atoms with Crippen LogP contribution in [-0.4, -0.2) is 32.4 Å². The van der Waals surface area contributed by atoms with Gasteiger partial charge in [-0.05, 0) is 37.5 Å². The van der Waals surface area contributed by atoms with Gasteiger partial charge in [0.25, 0.3) is 0 Å². The molecule has 1 heterocycles. The van der Waals surface area contributed by atoms with Gasteiger partial charge < -0.3 is 10.2 Å². The van der Waals surface area contributed by atoms with Crippen LogP contribution in [0.5, 0.6) is 0 Å². The van der Waals surface area contributed by atoms with Gasteiger partial charge >= 0.3 is 6.03 Å². The molecule has 3 N–H and O–H groups in total. The van der Waals surface area contributed by atoms with Crippen LogP contribution in [0, 0.1) is 0 Å². The van der Waals surface area contributed by atoms with E-state index in [1.165, 1.54) is 12.1 Å². The van der Waals surface area contributed by atoms with Gasteiger partial charge in [0, 0.05) is 13.1 Å². The predicted octanol–water partition coefficient (Wildman–Crippen LogP) is 1.20. The molecule has 1 fully saturated rings. The molecule has 7 heteroatoms. The Kier molecular flexibility index (Phi) is 4.29. The Morgan fingerprint density at radius 2 is 1.80 bits per heavy atom. The van der Waals surface area contributed by atoms with Crippen molar-refractivity contribution in [1.82, 2.24) is 10.2 Å². The van der Waals surface area contributed by atoms with Gasteiger partial charge in [0.05, 0.1) is 10.9 Å². The van der Waals surface area contributed by atoms with E-state index >= 15 is 0 Å². The smallest absolute Gasteiger partial charge is 0.317 e. The van der Waals surface area contributed by atoms with Crippen LogP contribution in [0.1, 0.15) is 31.4 Å². The fraction of sp³-hybridized carbons (Fsp3) is 0.462. The molecule has 20 heavy (non-hydrogen) atoms. The van der Waals surface area contributed by atoms with Crippen LogP contribution in [0.25, 0.3) is 0 Å². The van der Waals surface area contributed by atoms with E-state index in [1.54, 1.807) is 17.0 Å². The number of hydrogen-bond donors (Lipinski definition) is 2. The first kappa shape index (κ1) is 14.8. The van der Waals surface area contributed by atoms with Crippen molar-refractivity contribution < 1.29 is 13.2 Å². The highest BCUT2D eigenvalue weighted by atomic mass is 32.2. The molecule has 0 saturated carbocycles. The number of nitrogens with two attached hydrogens (primary N) is 1. The van der Waals surface area contributed by atoms with E-state index in [1.807, 2.05) is 6.92 Å². The molecule has 1 saturated heterocycles. The zero-order valence-corrected chi connectivity index (χ0v) is 12.2. The summed E-state index contributed by atoms with van der Waals surface area (Å²) in [6.45, 7) is 3.45. The molecule has 110 valence electrons. The molecular weight excluding hydrogens is 278 g/mol. The first-order valence-electron chi connectivity index (χ1n) is 6.56. The molecular formula is C13H19N3O3S. The molecule has 1 atom stereocenters. The van der Waals surface area contributed by atoms with Gasteiger partial charge in [-0.2, -0.15) is 0 Å². The van der Waals surface area contributed by atoms with Crippen molar-refractivity contribution in [2.75, 3.05) is 13.1 Å². The monoisotopic (exact) mass is 297 g/mol. The van der Waals surface area contributed by atoms with Crippen molar-refractivity contribution in [3.8, 4) is 0 Å². The normalized spacial score (nSPS) is 17.0. The molecule has 0 bridgehead atoms. The minimum absolute atomic E-state index is 0.0688. The van der Waals surface area contributed by atoms with Crippen LogP contribution in [0.3, 0.4) is 0 Å². The van der Waals surface area contributed by atoms with E-state index in [9.17, 15) is 13.2 Å². The number of primary sulfonamides is 1. The Balaban J connectivity index is 2.02. The van der Waals surface area contributed by atoms with E-state index in [2.05, 4.69) is 5.32 Å². The average Bonchev–Trinajstić information content (AvgIpc) is 2.91. The number of nitrogens with zero attached hydrogens (tertiary/aromatic N) is 1. The van der Waals surface area contributed by atoms with Gasteiger partial charge in [0.1, 0.15) is 0 Å². The Hall–Kier alpha value is -1.60. The van der Waals surface area contributed by atoms with Crippen molar-refractivity contribution in [2.45, 2.75) is 30.7 Å². The van der Waals surface area contributed by atoms with Gasteiger partial charge in [-0.25, -0.2) is 18.4 Å². The molecule has 2 rings (SSSR count). The number of carbonyl (C=O) groups excluding carboxylic acids is 1. The second kappa shape index (κ2) is 5.80. The third kappa shape index (κ3) is 3.49. The summed E-state index contributed by atoms with van der Waals surface area (Å²) >= 11 is 0. The second-order valence-electron chi connectivity index (χ2n) is 4.98. The molecule has 1 aromatic carbocycles. The number of hydrogen-bond acceptors (Lipinski definition) is 3. The average molecular weight is 297 g/mol. The fourth-order valence-electron chi connectivity index (χ4n) is 2.23. The Morgan fingerprint density at radius 1 is 1.25 bits per heavy atom. The van der Waals surface area contributed by atoms with Gasteiger partial charge in [0.2, 0.25) is 10.0 Å². The molecule has 0 aliphatic carbocycles. The maximum Gasteiger partial charge on any atom is 0.317 e. The number of sulfonamides is 1. The molecule has 1 aliphatic rings. The predicted molar refractivity (Wildman–Crippen MR) is 75.6 cm³/mol. The molecule has 1 aromatic rings. The Bertz CT molecular complexity index is 577. The quantitative estimate of drug-likeness (QED) is 0.878. The maximum absolute atomic E-state index is 12.0. The second-order valence-corrected chi connectivity index (χ2v) is 6.54. The lowest BCUT2D eigenvalue weighted by Gasteiger charge is -2.20. The van der Waals surface area contributed by atoms with Crippen LogP contribution in [0.15, 0.2) is 29.2 Å². The number of rotatable bonds is 3.